The van der Waals surface area contributed by atoms with Gasteiger partial charge in [-0.25, -0.2) is 0 Å². The van der Waals surface area contributed by atoms with Crippen molar-refractivity contribution in [2.75, 3.05) is 13.6 Å². The molecule has 1 rings (SSSR count). The highest BCUT2D eigenvalue weighted by molar-refractivity contribution is 6.31. The highest BCUT2D eigenvalue weighted by atomic mass is 35.5. The van der Waals surface area contributed by atoms with Crippen molar-refractivity contribution < 1.29 is 0 Å². The van der Waals surface area contributed by atoms with Crippen molar-refractivity contribution in [3.8, 4) is 0 Å². The molecule has 1 aromatic rings. The van der Waals surface area contributed by atoms with Gasteiger partial charge in [-0.3, -0.25) is 0 Å². The van der Waals surface area contributed by atoms with Gasteiger partial charge in [0, 0.05) is 17.0 Å². The maximum atomic E-state index is 6.20. The maximum Gasteiger partial charge on any atom is 0.0444 e. The zero-order chi connectivity index (χ0) is 10.6. The Morgan fingerprint density at radius 2 is 2.00 bits per heavy atom. The molecule has 0 radical (unpaired) electrons. The third-order valence-electron chi connectivity index (χ3n) is 2.87. The molecule has 1 atom stereocenters. The third-order valence-corrected chi connectivity index (χ3v) is 3.20. The minimum atomic E-state index is 0.132. The van der Waals surface area contributed by atoms with Crippen LogP contribution in [0.25, 0.3) is 0 Å². The standard InChI is InChI=1S/C12H18ClN/c1-4-12(2,9-14-3)10-7-5-6-8-11(10)13/h5-8,14H,4,9H2,1-3H3. The molecule has 1 nitrogen and oxygen atoms in total. The van der Waals surface area contributed by atoms with Crippen molar-refractivity contribution in [1.29, 1.82) is 0 Å². The molecule has 0 fully saturated rings. The van der Waals surface area contributed by atoms with Gasteiger partial charge in [-0.15, -0.1) is 0 Å². The molecule has 0 spiro atoms. The van der Waals surface area contributed by atoms with Crippen molar-refractivity contribution in [2.45, 2.75) is 25.7 Å². The molecule has 78 valence electrons. The summed E-state index contributed by atoms with van der Waals surface area (Å²) in [5.41, 5.74) is 1.37. The maximum absolute atomic E-state index is 6.20. The lowest BCUT2D eigenvalue weighted by Crippen LogP contribution is -2.33. The molecular formula is C12H18ClN. The van der Waals surface area contributed by atoms with Crippen molar-refractivity contribution in [2.24, 2.45) is 0 Å². The summed E-state index contributed by atoms with van der Waals surface area (Å²) in [7, 11) is 1.98. The molecule has 0 saturated carbocycles. The molecule has 0 heterocycles. The number of hydrogen-bond donors (Lipinski definition) is 1. The topological polar surface area (TPSA) is 12.0 Å². The number of rotatable bonds is 4. The fraction of sp³-hybridized carbons (Fsp3) is 0.500. The first-order chi connectivity index (χ1) is 6.64. The van der Waals surface area contributed by atoms with Crippen LogP contribution in [0.15, 0.2) is 24.3 Å². The van der Waals surface area contributed by atoms with E-state index in [1.165, 1.54) is 5.56 Å². The van der Waals surface area contributed by atoms with Gasteiger partial charge in [0.1, 0.15) is 0 Å². The monoisotopic (exact) mass is 211 g/mol. The zero-order valence-electron chi connectivity index (χ0n) is 9.10. The predicted molar refractivity (Wildman–Crippen MR) is 63.0 cm³/mol. The molecule has 0 aliphatic carbocycles. The van der Waals surface area contributed by atoms with Gasteiger partial charge in [-0.05, 0) is 25.1 Å². The zero-order valence-corrected chi connectivity index (χ0v) is 9.86. The minimum Gasteiger partial charge on any atom is -0.319 e. The summed E-state index contributed by atoms with van der Waals surface area (Å²) in [5, 5.41) is 4.09. The average molecular weight is 212 g/mol. The molecule has 0 bridgehead atoms. The highest BCUT2D eigenvalue weighted by Gasteiger charge is 2.25. The highest BCUT2D eigenvalue weighted by Crippen LogP contribution is 2.32. The average Bonchev–Trinajstić information content (AvgIpc) is 2.18. The third kappa shape index (κ3) is 2.28. The number of halogens is 1. The number of likely N-dealkylation sites (N-methyl/N-ethyl adjacent to an activating group) is 1. The summed E-state index contributed by atoms with van der Waals surface area (Å²) in [6.07, 6.45) is 1.08. The van der Waals surface area contributed by atoms with Crippen LogP contribution < -0.4 is 5.32 Å². The minimum absolute atomic E-state index is 0.132. The number of hydrogen-bond acceptors (Lipinski definition) is 1. The fourth-order valence-electron chi connectivity index (χ4n) is 1.75. The lowest BCUT2D eigenvalue weighted by molar-refractivity contribution is 0.434. The van der Waals surface area contributed by atoms with Crippen LogP contribution in [-0.4, -0.2) is 13.6 Å². The van der Waals surface area contributed by atoms with E-state index in [9.17, 15) is 0 Å². The van der Waals surface area contributed by atoms with Gasteiger partial charge in [0.05, 0.1) is 0 Å². The second-order valence-corrected chi connectivity index (χ2v) is 4.33. The molecule has 0 amide bonds. The Bertz CT molecular complexity index is 298. The van der Waals surface area contributed by atoms with Crippen LogP contribution in [0.1, 0.15) is 25.8 Å². The van der Waals surface area contributed by atoms with Crippen molar-refractivity contribution in [3.05, 3.63) is 34.9 Å². The van der Waals surface area contributed by atoms with Crippen molar-refractivity contribution in [1.82, 2.24) is 5.32 Å². The summed E-state index contributed by atoms with van der Waals surface area (Å²) in [4.78, 5) is 0. The van der Waals surface area contributed by atoms with E-state index in [1.54, 1.807) is 0 Å². The summed E-state index contributed by atoms with van der Waals surface area (Å²) in [6, 6.07) is 8.09. The molecular weight excluding hydrogens is 194 g/mol. The first kappa shape index (κ1) is 11.5. The SMILES string of the molecule is CCC(C)(CNC)c1ccccc1Cl. The van der Waals surface area contributed by atoms with E-state index < -0.39 is 0 Å². The molecule has 1 aromatic carbocycles. The Hall–Kier alpha value is -0.530. The Morgan fingerprint density at radius 3 is 2.50 bits per heavy atom. The van der Waals surface area contributed by atoms with Gasteiger partial charge in [-0.2, -0.15) is 0 Å². The smallest absolute Gasteiger partial charge is 0.0444 e. The molecule has 2 heteroatoms. The van der Waals surface area contributed by atoms with E-state index in [0.717, 1.165) is 18.0 Å². The van der Waals surface area contributed by atoms with Gasteiger partial charge in [0.25, 0.3) is 0 Å². The first-order valence-corrected chi connectivity index (χ1v) is 5.41. The second-order valence-electron chi connectivity index (χ2n) is 3.92. The summed E-state index contributed by atoms with van der Waals surface area (Å²) in [6.45, 7) is 5.39. The van der Waals surface area contributed by atoms with E-state index in [2.05, 4.69) is 25.2 Å². The molecule has 0 saturated heterocycles. The summed E-state index contributed by atoms with van der Waals surface area (Å²) in [5.74, 6) is 0. The van der Waals surface area contributed by atoms with Gasteiger partial charge in [0.15, 0.2) is 0 Å². The van der Waals surface area contributed by atoms with E-state index >= 15 is 0 Å². The second kappa shape index (κ2) is 4.81. The Kier molecular flexibility index (Phi) is 3.97. The molecule has 0 aromatic heterocycles. The van der Waals surface area contributed by atoms with Crippen LogP contribution in [0.4, 0.5) is 0 Å². The van der Waals surface area contributed by atoms with Gasteiger partial charge < -0.3 is 5.32 Å². The Balaban J connectivity index is 3.05. The van der Waals surface area contributed by atoms with E-state index in [-0.39, 0.29) is 5.41 Å². The quantitative estimate of drug-likeness (QED) is 0.807. The van der Waals surface area contributed by atoms with Crippen molar-refractivity contribution in [3.63, 3.8) is 0 Å². The summed E-state index contributed by atoms with van der Waals surface area (Å²) >= 11 is 6.20. The molecule has 0 aliphatic heterocycles. The molecule has 1 unspecified atom stereocenters. The molecule has 14 heavy (non-hydrogen) atoms. The van der Waals surface area contributed by atoms with Crippen LogP contribution in [0, 0.1) is 0 Å². The van der Waals surface area contributed by atoms with E-state index in [1.807, 2.05) is 25.2 Å². The van der Waals surface area contributed by atoms with Gasteiger partial charge in [0.2, 0.25) is 0 Å². The fourth-order valence-corrected chi connectivity index (χ4v) is 2.12. The van der Waals surface area contributed by atoms with Crippen molar-refractivity contribution >= 4 is 11.6 Å². The largest absolute Gasteiger partial charge is 0.319 e. The van der Waals surface area contributed by atoms with Crippen LogP contribution in [0.2, 0.25) is 5.02 Å². The van der Waals surface area contributed by atoms with E-state index in [4.69, 9.17) is 11.6 Å². The Labute approximate surface area is 91.5 Å². The van der Waals surface area contributed by atoms with Gasteiger partial charge >= 0.3 is 0 Å². The summed E-state index contributed by atoms with van der Waals surface area (Å²) < 4.78 is 0. The van der Waals surface area contributed by atoms with Crippen LogP contribution >= 0.6 is 11.6 Å². The normalized spacial score (nSPS) is 15.1. The Morgan fingerprint density at radius 1 is 1.36 bits per heavy atom. The van der Waals surface area contributed by atoms with Crippen LogP contribution in [0.3, 0.4) is 0 Å². The lowest BCUT2D eigenvalue weighted by atomic mass is 9.80. The lowest BCUT2D eigenvalue weighted by Gasteiger charge is -2.29. The van der Waals surface area contributed by atoms with E-state index in [0.29, 0.717) is 0 Å². The molecule has 1 N–H and O–H groups in total. The van der Waals surface area contributed by atoms with Gasteiger partial charge in [-0.1, -0.05) is 43.6 Å². The first-order valence-electron chi connectivity index (χ1n) is 5.03. The molecule has 0 aliphatic rings. The number of benzene rings is 1. The van der Waals surface area contributed by atoms with Crippen LogP contribution in [-0.2, 0) is 5.41 Å². The van der Waals surface area contributed by atoms with Crippen LogP contribution in [0.5, 0.6) is 0 Å². The number of nitrogens with one attached hydrogen (secondary N) is 1. The predicted octanol–water partition coefficient (Wildman–Crippen LogP) is 3.23.